The summed E-state index contributed by atoms with van der Waals surface area (Å²) in [7, 11) is 3.70. The molecule has 0 spiro atoms. The van der Waals surface area contributed by atoms with Crippen molar-refractivity contribution in [1.29, 1.82) is 0 Å². The van der Waals surface area contributed by atoms with Crippen LogP contribution in [0.3, 0.4) is 0 Å². The first kappa shape index (κ1) is 14.3. The van der Waals surface area contributed by atoms with Gasteiger partial charge in [-0.05, 0) is 11.5 Å². The summed E-state index contributed by atoms with van der Waals surface area (Å²) in [5.74, 6) is 0. The first-order valence-electron chi connectivity index (χ1n) is 5.91. The van der Waals surface area contributed by atoms with E-state index < -0.39 is 0 Å². The maximum atomic E-state index is 10.9. The van der Waals surface area contributed by atoms with Crippen molar-refractivity contribution in [3.05, 3.63) is 28.3 Å². The van der Waals surface area contributed by atoms with Crippen molar-refractivity contribution in [3.63, 3.8) is 0 Å². The second-order valence-electron chi connectivity index (χ2n) is 5.66. The van der Waals surface area contributed by atoms with E-state index in [1.165, 1.54) is 6.07 Å². The lowest BCUT2D eigenvalue weighted by Crippen LogP contribution is -2.29. The van der Waals surface area contributed by atoms with Crippen molar-refractivity contribution in [1.82, 2.24) is 0 Å². The molecule has 1 aromatic rings. The standard InChI is InChI=1S/C13H21N3O2/c1-13(2,3)9-15(5)11-6-10(14-4)7-12(8-11)16(17)18/h6-8,14H,9H2,1-5H3. The smallest absolute Gasteiger partial charge is 0.273 e. The number of nitro groups is 1. The fourth-order valence-electron chi connectivity index (χ4n) is 1.87. The van der Waals surface area contributed by atoms with Crippen LogP contribution in [0.4, 0.5) is 17.1 Å². The van der Waals surface area contributed by atoms with Gasteiger partial charge in [-0.15, -0.1) is 0 Å². The lowest BCUT2D eigenvalue weighted by Gasteiger charge is -2.28. The van der Waals surface area contributed by atoms with Gasteiger partial charge in [0.15, 0.2) is 0 Å². The van der Waals surface area contributed by atoms with Gasteiger partial charge in [-0.25, -0.2) is 0 Å². The fourth-order valence-corrected chi connectivity index (χ4v) is 1.87. The first-order chi connectivity index (χ1) is 8.23. The van der Waals surface area contributed by atoms with Crippen LogP contribution in [0.1, 0.15) is 20.8 Å². The van der Waals surface area contributed by atoms with Crippen molar-refractivity contribution in [2.45, 2.75) is 20.8 Å². The summed E-state index contributed by atoms with van der Waals surface area (Å²) < 4.78 is 0. The second-order valence-corrected chi connectivity index (χ2v) is 5.66. The van der Waals surface area contributed by atoms with E-state index in [-0.39, 0.29) is 16.0 Å². The summed E-state index contributed by atoms with van der Waals surface area (Å²) in [6.45, 7) is 7.25. The average Bonchev–Trinajstić information content (AvgIpc) is 2.26. The van der Waals surface area contributed by atoms with Crippen molar-refractivity contribution >= 4 is 17.1 Å². The van der Waals surface area contributed by atoms with E-state index >= 15 is 0 Å². The first-order valence-corrected chi connectivity index (χ1v) is 5.91. The van der Waals surface area contributed by atoms with Crippen LogP contribution in [0.5, 0.6) is 0 Å². The van der Waals surface area contributed by atoms with Crippen LogP contribution in [0.15, 0.2) is 18.2 Å². The van der Waals surface area contributed by atoms with Crippen LogP contribution in [0.2, 0.25) is 0 Å². The summed E-state index contributed by atoms with van der Waals surface area (Å²) in [5, 5.41) is 13.8. The summed E-state index contributed by atoms with van der Waals surface area (Å²) in [6, 6.07) is 5.06. The Balaban J connectivity index is 3.07. The van der Waals surface area contributed by atoms with Crippen LogP contribution in [0, 0.1) is 15.5 Å². The van der Waals surface area contributed by atoms with E-state index in [9.17, 15) is 10.1 Å². The van der Waals surface area contributed by atoms with E-state index in [1.807, 2.05) is 18.0 Å². The number of hydrogen-bond acceptors (Lipinski definition) is 4. The SMILES string of the molecule is CNc1cc(N(C)CC(C)(C)C)cc([N+](=O)[O-])c1. The van der Waals surface area contributed by atoms with Crippen molar-refractivity contribution < 1.29 is 4.92 Å². The molecule has 0 aliphatic carbocycles. The van der Waals surface area contributed by atoms with Crippen molar-refractivity contribution in [2.24, 2.45) is 5.41 Å². The molecule has 0 bridgehead atoms. The fraction of sp³-hybridized carbons (Fsp3) is 0.538. The Morgan fingerprint density at radius 3 is 2.39 bits per heavy atom. The van der Waals surface area contributed by atoms with E-state index in [4.69, 9.17) is 0 Å². The van der Waals surface area contributed by atoms with Gasteiger partial charge in [-0.2, -0.15) is 0 Å². The number of nitro benzene ring substituents is 1. The van der Waals surface area contributed by atoms with Crippen LogP contribution < -0.4 is 10.2 Å². The molecule has 0 radical (unpaired) electrons. The maximum Gasteiger partial charge on any atom is 0.273 e. The van der Waals surface area contributed by atoms with Crippen molar-refractivity contribution in [3.8, 4) is 0 Å². The van der Waals surface area contributed by atoms with Gasteiger partial charge < -0.3 is 10.2 Å². The molecule has 0 heterocycles. The lowest BCUT2D eigenvalue weighted by molar-refractivity contribution is -0.384. The molecule has 0 saturated carbocycles. The van der Waals surface area contributed by atoms with Gasteiger partial charge in [0.25, 0.3) is 5.69 Å². The Labute approximate surface area is 108 Å². The van der Waals surface area contributed by atoms with E-state index in [1.54, 1.807) is 13.1 Å². The third kappa shape index (κ3) is 3.91. The molecule has 0 fully saturated rings. The molecule has 0 saturated heterocycles. The summed E-state index contributed by atoms with van der Waals surface area (Å²) >= 11 is 0. The molecular weight excluding hydrogens is 230 g/mol. The average molecular weight is 251 g/mol. The summed E-state index contributed by atoms with van der Waals surface area (Å²) in [4.78, 5) is 12.6. The van der Waals surface area contributed by atoms with E-state index in [0.717, 1.165) is 17.9 Å². The molecule has 5 heteroatoms. The highest BCUT2D eigenvalue weighted by Gasteiger charge is 2.17. The number of benzene rings is 1. The Morgan fingerprint density at radius 1 is 1.33 bits per heavy atom. The minimum absolute atomic E-state index is 0.109. The highest BCUT2D eigenvalue weighted by molar-refractivity contribution is 5.64. The molecule has 1 N–H and O–H groups in total. The topological polar surface area (TPSA) is 58.4 Å². The van der Waals surface area contributed by atoms with E-state index in [2.05, 4.69) is 26.1 Å². The number of rotatable bonds is 4. The number of non-ortho nitro benzene ring substituents is 1. The quantitative estimate of drug-likeness (QED) is 0.659. The van der Waals surface area contributed by atoms with Crippen LogP contribution in [-0.4, -0.2) is 25.6 Å². The lowest BCUT2D eigenvalue weighted by atomic mass is 9.96. The van der Waals surface area contributed by atoms with Crippen LogP contribution >= 0.6 is 0 Å². The van der Waals surface area contributed by atoms with Gasteiger partial charge >= 0.3 is 0 Å². The minimum atomic E-state index is -0.366. The predicted octanol–water partition coefficient (Wildman–Crippen LogP) is 3.12. The molecule has 0 aliphatic heterocycles. The van der Waals surface area contributed by atoms with Gasteiger partial charge in [0.05, 0.1) is 4.92 Å². The third-order valence-electron chi connectivity index (χ3n) is 2.55. The zero-order valence-electron chi connectivity index (χ0n) is 11.7. The number of nitrogens with zero attached hydrogens (tertiary/aromatic N) is 2. The van der Waals surface area contributed by atoms with Gasteiger partial charge in [-0.3, -0.25) is 10.1 Å². The van der Waals surface area contributed by atoms with Crippen LogP contribution in [0.25, 0.3) is 0 Å². The Morgan fingerprint density at radius 2 is 1.94 bits per heavy atom. The largest absolute Gasteiger partial charge is 0.388 e. The predicted molar refractivity (Wildman–Crippen MR) is 75.4 cm³/mol. The monoisotopic (exact) mass is 251 g/mol. The number of nitrogens with one attached hydrogen (secondary N) is 1. The Kier molecular flexibility index (Phi) is 4.16. The molecule has 1 rings (SSSR count). The molecular formula is C13H21N3O2. The second kappa shape index (κ2) is 5.25. The third-order valence-corrected chi connectivity index (χ3v) is 2.55. The molecule has 0 aliphatic rings. The molecule has 0 amide bonds. The van der Waals surface area contributed by atoms with Crippen LogP contribution in [-0.2, 0) is 0 Å². The number of hydrogen-bond donors (Lipinski definition) is 1. The van der Waals surface area contributed by atoms with Gasteiger partial charge in [0, 0.05) is 44.1 Å². The van der Waals surface area contributed by atoms with Gasteiger partial charge in [0.2, 0.25) is 0 Å². The molecule has 100 valence electrons. The zero-order valence-corrected chi connectivity index (χ0v) is 11.7. The highest BCUT2D eigenvalue weighted by atomic mass is 16.6. The summed E-state index contributed by atoms with van der Waals surface area (Å²) in [6.07, 6.45) is 0. The van der Waals surface area contributed by atoms with Gasteiger partial charge in [0.1, 0.15) is 0 Å². The normalized spacial score (nSPS) is 11.2. The molecule has 18 heavy (non-hydrogen) atoms. The maximum absolute atomic E-state index is 10.9. The zero-order chi connectivity index (χ0) is 13.9. The highest BCUT2D eigenvalue weighted by Crippen LogP contribution is 2.28. The molecule has 0 atom stereocenters. The molecule has 0 aromatic heterocycles. The molecule has 1 aromatic carbocycles. The van der Waals surface area contributed by atoms with Gasteiger partial charge in [-0.1, -0.05) is 20.8 Å². The Bertz CT molecular complexity index is 438. The molecule has 5 nitrogen and oxygen atoms in total. The Hall–Kier alpha value is -1.78. The minimum Gasteiger partial charge on any atom is -0.388 e. The number of anilines is 2. The summed E-state index contributed by atoms with van der Waals surface area (Å²) in [5.41, 5.74) is 1.85. The molecule has 0 unspecified atom stereocenters. The van der Waals surface area contributed by atoms with Crippen molar-refractivity contribution in [2.75, 3.05) is 30.9 Å². The van der Waals surface area contributed by atoms with E-state index in [0.29, 0.717) is 0 Å².